The summed E-state index contributed by atoms with van der Waals surface area (Å²) in [5, 5.41) is 0. The van der Waals surface area contributed by atoms with E-state index >= 15 is 0 Å². The first kappa shape index (κ1) is 33.4. The van der Waals surface area contributed by atoms with Crippen molar-refractivity contribution in [2.45, 2.75) is 58.3 Å². The molecule has 0 unspecified atom stereocenters. The second-order valence-electron chi connectivity index (χ2n) is 8.97. The quantitative estimate of drug-likeness (QED) is 0.0411. The van der Waals surface area contributed by atoms with Crippen LogP contribution in [0.25, 0.3) is 0 Å². The molecule has 0 fully saturated rings. The van der Waals surface area contributed by atoms with Gasteiger partial charge in [-0.05, 0) is 30.5 Å². The lowest BCUT2D eigenvalue weighted by molar-refractivity contribution is -0.136. The number of halogens is 5. The molecule has 0 saturated heterocycles. The molecule has 0 aliphatic heterocycles. The van der Waals surface area contributed by atoms with Crippen LogP contribution in [0.5, 0.6) is 11.5 Å². The van der Waals surface area contributed by atoms with Crippen molar-refractivity contribution in [3.63, 3.8) is 0 Å². The first-order chi connectivity index (χ1) is 19.3. The summed E-state index contributed by atoms with van der Waals surface area (Å²) in [7, 11) is 0. The minimum atomic E-state index is -2.34. The molecule has 2 rings (SSSR count). The molecule has 0 heterocycles. The maximum atomic E-state index is 13.5. The Morgan fingerprint density at radius 2 is 1.12 bits per heavy atom. The fraction of sp³-hybridized carbons (Fsp3) is 0.552. The molecule has 0 aromatic heterocycles. The number of carbonyl (C=O) groups excluding carboxylic acids is 1. The average Bonchev–Trinajstić information content (AvgIpc) is 2.96. The van der Waals surface area contributed by atoms with Gasteiger partial charge in [-0.15, -0.1) is 0 Å². The van der Waals surface area contributed by atoms with Crippen LogP contribution in [0.2, 0.25) is 0 Å². The maximum absolute atomic E-state index is 13.5. The third kappa shape index (κ3) is 12.2. The highest BCUT2D eigenvalue weighted by molar-refractivity contribution is 5.72. The minimum absolute atomic E-state index is 0.105. The van der Waals surface area contributed by atoms with Gasteiger partial charge in [0.15, 0.2) is 0 Å². The number of hydrogen-bond donors (Lipinski definition) is 0. The van der Waals surface area contributed by atoms with Gasteiger partial charge in [0.25, 0.3) is 0 Å². The van der Waals surface area contributed by atoms with Crippen LogP contribution in [-0.4, -0.2) is 52.2 Å². The van der Waals surface area contributed by atoms with Gasteiger partial charge in [-0.3, -0.25) is 4.79 Å². The van der Waals surface area contributed by atoms with E-state index in [-0.39, 0.29) is 19.8 Å². The summed E-state index contributed by atoms with van der Waals surface area (Å²) in [4.78, 5) is 11.6. The van der Waals surface area contributed by atoms with Gasteiger partial charge in [-0.25, -0.2) is 13.2 Å². The third-order valence-corrected chi connectivity index (χ3v) is 5.82. The Hall–Kier alpha value is -2.76. The molecule has 6 nitrogen and oxygen atoms in total. The molecule has 0 amide bonds. The summed E-state index contributed by atoms with van der Waals surface area (Å²) >= 11 is 0. The van der Waals surface area contributed by atoms with Gasteiger partial charge in [0.05, 0.1) is 46.1 Å². The standard InChI is InChI=1S/C29H37F5O6/c1-2-3-4-5-6-7-8-21-9-11-22(12-10-21)39-20-19-38-18-17-37-16-15-36-14-13-23(35)40-29-27(33)25(31)24(30)26(32)28(29)34/h9-12H,2-8,13-20H2,1H3. The molecule has 0 bridgehead atoms. The molecule has 0 saturated carbocycles. The van der Waals surface area contributed by atoms with Crippen LogP contribution < -0.4 is 9.47 Å². The van der Waals surface area contributed by atoms with E-state index in [1.807, 2.05) is 12.1 Å². The van der Waals surface area contributed by atoms with Crippen LogP contribution >= 0.6 is 0 Å². The molecule has 0 aliphatic carbocycles. The SMILES string of the molecule is CCCCCCCCc1ccc(OCCOCCOCCOCCC(=O)Oc2c(F)c(F)c(F)c(F)c2F)cc1. The van der Waals surface area contributed by atoms with Gasteiger partial charge in [0.2, 0.25) is 34.8 Å². The molecular weight excluding hydrogens is 539 g/mol. The van der Waals surface area contributed by atoms with E-state index in [9.17, 15) is 26.7 Å². The van der Waals surface area contributed by atoms with Gasteiger partial charge < -0.3 is 23.7 Å². The molecule has 0 atom stereocenters. The van der Waals surface area contributed by atoms with Crippen LogP contribution in [0.3, 0.4) is 0 Å². The number of carbonyl (C=O) groups is 1. The zero-order chi connectivity index (χ0) is 29.2. The summed E-state index contributed by atoms with van der Waals surface area (Å²) in [6.07, 6.45) is 8.29. The van der Waals surface area contributed by atoms with E-state index < -0.39 is 47.2 Å². The smallest absolute Gasteiger partial charge is 0.313 e. The molecule has 0 N–H and O–H groups in total. The van der Waals surface area contributed by atoms with Crippen molar-refractivity contribution in [1.82, 2.24) is 0 Å². The molecule has 2 aromatic rings. The maximum Gasteiger partial charge on any atom is 0.313 e. The lowest BCUT2D eigenvalue weighted by Crippen LogP contribution is -2.16. The Kier molecular flexibility index (Phi) is 16.2. The van der Waals surface area contributed by atoms with Crippen LogP contribution in [0, 0.1) is 29.1 Å². The number of unbranched alkanes of at least 4 members (excludes halogenated alkanes) is 5. The van der Waals surface area contributed by atoms with Gasteiger partial charge in [-0.2, -0.15) is 8.78 Å². The first-order valence-corrected chi connectivity index (χ1v) is 13.5. The van der Waals surface area contributed by atoms with E-state index in [4.69, 9.17) is 18.9 Å². The van der Waals surface area contributed by atoms with Crippen molar-refractivity contribution >= 4 is 5.97 Å². The molecular formula is C29H37F5O6. The van der Waals surface area contributed by atoms with E-state index in [2.05, 4.69) is 23.8 Å². The second-order valence-corrected chi connectivity index (χ2v) is 8.97. The minimum Gasteiger partial charge on any atom is -0.491 e. The highest BCUT2D eigenvalue weighted by Crippen LogP contribution is 2.29. The second kappa shape index (κ2) is 19.3. The van der Waals surface area contributed by atoms with Crippen molar-refractivity contribution in [1.29, 1.82) is 0 Å². The summed E-state index contributed by atoms with van der Waals surface area (Å²) < 4.78 is 92.1. The van der Waals surface area contributed by atoms with Crippen LogP contribution in [0.15, 0.2) is 24.3 Å². The molecule has 11 heteroatoms. The van der Waals surface area contributed by atoms with Gasteiger partial charge >= 0.3 is 5.97 Å². The largest absolute Gasteiger partial charge is 0.491 e. The van der Waals surface area contributed by atoms with Crippen LogP contribution in [0.4, 0.5) is 22.0 Å². The zero-order valence-electron chi connectivity index (χ0n) is 22.8. The summed E-state index contributed by atoms with van der Waals surface area (Å²) in [5.41, 5.74) is 1.31. The number of aryl methyl sites for hydroxylation is 1. The number of benzene rings is 2. The average molecular weight is 577 g/mol. The highest BCUT2D eigenvalue weighted by Gasteiger charge is 2.28. The van der Waals surface area contributed by atoms with Gasteiger partial charge in [0, 0.05) is 0 Å². The van der Waals surface area contributed by atoms with E-state index in [0.29, 0.717) is 26.4 Å². The predicted octanol–water partition coefficient (Wildman–Crippen LogP) is 6.71. The van der Waals surface area contributed by atoms with Crippen molar-refractivity contribution in [2.75, 3.05) is 46.2 Å². The highest BCUT2D eigenvalue weighted by atomic mass is 19.2. The fourth-order valence-electron chi connectivity index (χ4n) is 3.62. The number of esters is 1. The normalized spacial score (nSPS) is 11.2. The molecule has 0 spiro atoms. The zero-order valence-corrected chi connectivity index (χ0v) is 22.8. The fourth-order valence-corrected chi connectivity index (χ4v) is 3.62. The van der Waals surface area contributed by atoms with E-state index in [1.54, 1.807) is 0 Å². The van der Waals surface area contributed by atoms with Gasteiger partial charge in [-0.1, -0.05) is 51.2 Å². The Morgan fingerprint density at radius 1 is 0.625 bits per heavy atom. The lowest BCUT2D eigenvalue weighted by atomic mass is 10.0. The summed E-state index contributed by atoms with van der Waals surface area (Å²) in [5.74, 6) is -13.3. The lowest BCUT2D eigenvalue weighted by Gasteiger charge is -2.10. The first-order valence-electron chi connectivity index (χ1n) is 13.5. The molecule has 2 aromatic carbocycles. The van der Waals surface area contributed by atoms with E-state index in [1.165, 1.54) is 44.1 Å². The van der Waals surface area contributed by atoms with Crippen LogP contribution in [0.1, 0.15) is 57.4 Å². The summed E-state index contributed by atoms with van der Waals surface area (Å²) in [6.45, 7) is 3.76. The molecule has 0 aliphatic rings. The molecule has 40 heavy (non-hydrogen) atoms. The predicted molar refractivity (Wildman–Crippen MR) is 138 cm³/mol. The Bertz CT molecular complexity index is 990. The molecule has 224 valence electrons. The Labute approximate surface area is 231 Å². The van der Waals surface area contributed by atoms with Crippen molar-refractivity contribution in [2.24, 2.45) is 0 Å². The monoisotopic (exact) mass is 576 g/mol. The number of rotatable bonds is 21. The summed E-state index contributed by atoms with van der Waals surface area (Å²) in [6, 6.07) is 8.12. The van der Waals surface area contributed by atoms with Crippen LogP contribution in [-0.2, 0) is 25.4 Å². The van der Waals surface area contributed by atoms with E-state index in [0.717, 1.165) is 12.2 Å². The van der Waals surface area contributed by atoms with Crippen molar-refractivity contribution in [3.8, 4) is 11.5 Å². The number of hydrogen-bond acceptors (Lipinski definition) is 6. The topological polar surface area (TPSA) is 63.2 Å². The third-order valence-electron chi connectivity index (χ3n) is 5.82. The van der Waals surface area contributed by atoms with Gasteiger partial charge in [0.1, 0.15) is 12.4 Å². The van der Waals surface area contributed by atoms with Crippen molar-refractivity contribution in [3.05, 3.63) is 58.9 Å². The van der Waals surface area contributed by atoms with Crippen molar-refractivity contribution < 1.29 is 50.4 Å². The molecule has 0 radical (unpaired) electrons. The number of ether oxygens (including phenoxy) is 5. The Balaban J connectivity index is 1.44. The Morgan fingerprint density at radius 3 is 1.73 bits per heavy atom.